The van der Waals surface area contributed by atoms with Crippen molar-refractivity contribution in [1.29, 1.82) is 0 Å². The number of fused-ring (bicyclic) bond motifs is 1. The Morgan fingerprint density at radius 1 is 1.35 bits per heavy atom. The lowest BCUT2D eigenvalue weighted by atomic mass is 10.1. The number of rotatable bonds is 2. The van der Waals surface area contributed by atoms with E-state index in [0.29, 0.717) is 11.3 Å². The van der Waals surface area contributed by atoms with Crippen LogP contribution in [0, 0.1) is 0 Å². The predicted molar refractivity (Wildman–Crippen MR) is 60.7 cm³/mol. The van der Waals surface area contributed by atoms with Crippen LogP contribution in [0.1, 0.15) is 30.0 Å². The van der Waals surface area contributed by atoms with Crippen molar-refractivity contribution in [3.8, 4) is 0 Å². The Morgan fingerprint density at radius 2 is 2.06 bits per heavy atom. The number of carbonyl (C=O) groups is 1. The third-order valence-electron chi connectivity index (χ3n) is 2.49. The van der Waals surface area contributed by atoms with Crippen LogP contribution in [0.25, 0.3) is 11.0 Å². The standard InChI is InChI=1S/C12H13NO4/c1-12(2,15)10-6-7-3-4-8(11(14)13-16)5-9(7)17-10/h3-6,15-16H,1-2H3,(H,13,14). The number of hydrogen-bond donors (Lipinski definition) is 3. The maximum Gasteiger partial charge on any atom is 0.274 e. The molecule has 0 spiro atoms. The number of furan rings is 1. The third kappa shape index (κ3) is 2.15. The van der Waals surface area contributed by atoms with Crippen LogP contribution < -0.4 is 5.48 Å². The van der Waals surface area contributed by atoms with E-state index in [2.05, 4.69) is 0 Å². The number of hydrogen-bond acceptors (Lipinski definition) is 4. The van der Waals surface area contributed by atoms with Gasteiger partial charge in [0, 0.05) is 10.9 Å². The Hall–Kier alpha value is -1.85. The molecule has 0 radical (unpaired) electrons. The zero-order valence-electron chi connectivity index (χ0n) is 9.52. The number of hydroxylamine groups is 1. The smallest absolute Gasteiger partial charge is 0.274 e. The van der Waals surface area contributed by atoms with E-state index in [9.17, 15) is 9.90 Å². The van der Waals surface area contributed by atoms with Gasteiger partial charge in [-0.25, -0.2) is 5.48 Å². The molecule has 1 amide bonds. The van der Waals surface area contributed by atoms with E-state index in [4.69, 9.17) is 9.62 Å². The van der Waals surface area contributed by atoms with E-state index in [0.717, 1.165) is 5.39 Å². The first kappa shape index (κ1) is 11.6. The van der Waals surface area contributed by atoms with Crippen LogP contribution in [0.5, 0.6) is 0 Å². The Kier molecular flexibility index (Phi) is 2.65. The summed E-state index contributed by atoms with van der Waals surface area (Å²) in [5.41, 5.74) is 1.26. The van der Waals surface area contributed by atoms with Crippen LogP contribution in [0.2, 0.25) is 0 Å². The highest BCUT2D eigenvalue weighted by atomic mass is 16.5. The van der Waals surface area contributed by atoms with Crippen molar-refractivity contribution in [2.24, 2.45) is 0 Å². The molecule has 1 heterocycles. The van der Waals surface area contributed by atoms with Crippen molar-refractivity contribution >= 4 is 16.9 Å². The molecule has 0 saturated heterocycles. The monoisotopic (exact) mass is 235 g/mol. The molecule has 2 rings (SSSR count). The molecule has 0 unspecified atom stereocenters. The van der Waals surface area contributed by atoms with E-state index >= 15 is 0 Å². The van der Waals surface area contributed by atoms with Crippen molar-refractivity contribution in [2.45, 2.75) is 19.4 Å². The molecule has 0 aliphatic carbocycles. The summed E-state index contributed by atoms with van der Waals surface area (Å²) in [7, 11) is 0. The first-order chi connectivity index (χ1) is 7.91. The summed E-state index contributed by atoms with van der Waals surface area (Å²) >= 11 is 0. The van der Waals surface area contributed by atoms with Crippen LogP contribution in [0.15, 0.2) is 28.7 Å². The van der Waals surface area contributed by atoms with Crippen LogP contribution in [0.4, 0.5) is 0 Å². The van der Waals surface area contributed by atoms with E-state index in [1.54, 1.807) is 37.5 Å². The zero-order valence-corrected chi connectivity index (χ0v) is 9.52. The number of benzene rings is 1. The average molecular weight is 235 g/mol. The number of carbonyl (C=O) groups excluding carboxylic acids is 1. The quantitative estimate of drug-likeness (QED) is 0.547. The maximum absolute atomic E-state index is 11.2. The fourth-order valence-corrected chi connectivity index (χ4v) is 1.54. The molecular weight excluding hydrogens is 222 g/mol. The molecule has 0 atom stereocenters. The van der Waals surface area contributed by atoms with Gasteiger partial charge < -0.3 is 9.52 Å². The largest absolute Gasteiger partial charge is 0.458 e. The minimum atomic E-state index is -1.07. The number of nitrogens with one attached hydrogen (secondary N) is 1. The number of amides is 1. The number of aliphatic hydroxyl groups is 1. The first-order valence-corrected chi connectivity index (χ1v) is 5.12. The molecule has 1 aromatic heterocycles. The summed E-state index contributed by atoms with van der Waals surface area (Å²) in [6, 6.07) is 6.49. The second kappa shape index (κ2) is 3.87. The summed E-state index contributed by atoms with van der Waals surface area (Å²) in [6.45, 7) is 3.23. The molecule has 0 bridgehead atoms. The van der Waals surface area contributed by atoms with Gasteiger partial charge in [0.1, 0.15) is 16.9 Å². The summed E-state index contributed by atoms with van der Waals surface area (Å²) in [5, 5.41) is 19.1. The SMILES string of the molecule is CC(C)(O)c1cc2ccc(C(=O)NO)cc2o1. The van der Waals surface area contributed by atoms with Gasteiger partial charge >= 0.3 is 0 Å². The molecule has 0 saturated carbocycles. The van der Waals surface area contributed by atoms with Gasteiger partial charge in [0.15, 0.2) is 0 Å². The fraction of sp³-hybridized carbons (Fsp3) is 0.250. The van der Waals surface area contributed by atoms with Crippen molar-refractivity contribution in [3.05, 3.63) is 35.6 Å². The highest BCUT2D eigenvalue weighted by Crippen LogP contribution is 2.28. The molecule has 5 heteroatoms. The molecular formula is C12H13NO4. The highest BCUT2D eigenvalue weighted by Gasteiger charge is 2.21. The van der Waals surface area contributed by atoms with Gasteiger partial charge in [0.2, 0.25) is 0 Å². The normalized spacial score (nSPS) is 11.8. The van der Waals surface area contributed by atoms with Crippen LogP contribution >= 0.6 is 0 Å². The lowest BCUT2D eigenvalue weighted by Gasteiger charge is -2.12. The van der Waals surface area contributed by atoms with Gasteiger partial charge in [-0.15, -0.1) is 0 Å². The van der Waals surface area contributed by atoms with Gasteiger partial charge in [-0.1, -0.05) is 6.07 Å². The zero-order chi connectivity index (χ0) is 12.6. The third-order valence-corrected chi connectivity index (χ3v) is 2.49. The molecule has 2 aromatic rings. The maximum atomic E-state index is 11.2. The molecule has 0 aliphatic rings. The first-order valence-electron chi connectivity index (χ1n) is 5.12. The molecule has 90 valence electrons. The molecule has 3 N–H and O–H groups in total. The van der Waals surface area contributed by atoms with Crippen LogP contribution in [-0.2, 0) is 5.60 Å². The van der Waals surface area contributed by atoms with Gasteiger partial charge in [-0.2, -0.15) is 0 Å². The minimum Gasteiger partial charge on any atom is -0.458 e. The Labute approximate surface area is 97.6 Å². The highest BCUT2D eigenvalue weighted by molar-refractivity contribution is 5.96. The van der Waals surface area contributed by atoms with E-state index in [-0.39, 0.29) is 5.56 Å². The Bertz CT molecular complexity index is 565. The van der Waals surface area contributed by atoms with Crippen LogP contribution in [0.3, 0.4) is 0 Å². The Balaban J connectivity index is 2.52. The van der Waals surface area contributed by atoms with Crippen molar-refractivity contribution in [3.63, 3.8) is 0 Å². The average Bonchev–Trinajstić information content (AvgIpc) is 2.70. The lowest BCUT2D eigenvalue weighted by molar-refractivity contribution is 0.0559. The van der Waals surface area contributed by atoms with E-state index in [1.807, 2.05) is 0 Å². The second-order valence-electron chi connectivity index (χ2n) is 4.36. The topological polar surface area (TPSA) is 82.7 Å². The molecule has 0 aliphatic heterocycles. The van der Waals surface area contributed by atoms with Crippen molar-refractivity contribution in [1.82, 2.24) is 5.48 Å². The summed E-state index contributed by atoms with van der Waals surface area (Å²) in [6.07, 6.45) is 0. The molecule has 1 aromatic carbocycles. The van der Waals surface area contributed by atoms with E-state index < -0.39 is 11.5 Å². The summed E-state index contributed by atoms with van der Waals surface area (Å²) in [4.78, 5) is 11.2. The van der Waals surface area contributed by atoms with Gasteiger partial charge in [-0.3, -0.25) is 10.0 Å². The van der Waals surface area contributed by atoms with Crippen molar-refractivity contribution in [2.75, 3.05) is 0 Å². The summed E-state index contributed by atoms with van der Waals surface area (Å²) < 4.78 is 5.46. The minimum absolute atomic E-state index is 0.289. The predicted octanol–water partition coefficient (Wildman–Crippen LogP) is 1.78. The molecule has 17 heavy (non-hydrogen) atoms. The van der Waals surface area contributed by atoms with Gasteiger partial charge in [0.25, 0.3) is 5.91 Å². The van der Waals surface area contributed by atoms with Crippen molar-refractivity contribution < 1.29 is 19.5 Å². The molecule has 5 nitrogen and oxygen atoms in total. The molecule has 0 fully saturated rings. The summed E-state index contributed by atoms with van der Waals surface area (Å²) in [5.74, 6) is -0.179. The fourth-order valence-electron chi connectivity index (χ4n) is 1.54. The Morgan fingerprint density at radius 3 is 2.65 bits per heavy atom. The lowest BCUT2D eigenvalue weighted by Crippen LogP contribution is -2.18. The second-order valence-corrected chi connectivity index (χ2v) is 4.36. The van der Waals surface area contributed by atoms with Gasteiger partial charge in [0.05, 0.1) is 0 Å². The van der Waals surface area contributed by atoms with Crippen LogP contribution in [-0.4, -0.2) is 16.2 Å². The van der Waals surface area contributed by atoms with E-state index in [1.165, 1.54) is 6.07 Å². The van der Waals surface area contributed by atoms with Gasteiger partial charge in [-0.05, 0) is 32.0 Å².